The van der Waals surface area contributed by atoms with E-state index in [0.29, 0.717) is 5.89 Å². The first-order valence-electron chi connectivity index (χ1n) is 7.93. The molecular formula is C18H13ClF3N3O2S. The second-order valence-electron chi connectivity index (χ2n) is 5.72. The Kier molecular flexibility index (Phi) is 5.95. The number of aromatic nitrogens is 2. The van der Waals surface area contributed by atoms with E-state index >= 15 is 0 Å². The lowest BCUT2D eigenvalue weighted by Crippen LogP contribution is -2.15. The molecule has 0 aliphatic carbocycles. The number of benzene rings is 2. The zero-order valence-electron chi connectivity index (χ0n) is 14.4. The molecule has 1 amide bonds. The van der Waals surface area contributed by atoms with Gasteiger partial charge in [0.1, 0.15) is 0 Å². The summed E-state index contributed by atoms with van der Waals surface area (Å²) in [6.45, 7) is 1.90. The monoisotopic (exact) mass is 427 g/mol. The van der Waals surface area contributed by atoms with E-state index in [1.54, 1.807) is 0 Å². The zero-order chi connectivity index (χ0) is 20.3. The van der Waals surface area contributed by atoms with Gasteiger partial charge in [-0.15, -0.1) is 10.2 Å². The van der Waals surface area contributed by atoms with Crippen molar-refractivity contribution < 1.29 is 22.4 Å². The highest BCUT2D eigenvalue weighted by Gasteiger charge is 2.33. The van der Waals surface area contributed by atoms with Gasteiger partial charge in [-0.25, -0.2) is 0 Å². The van der Waals surface area contributed by atoms with E-state index in [0.717, 1.165) is 35.0 Å². The highest BCUT2D eigenvalue weighted by atomic mass is 35.5. The minimum atomic E-state index is -4.61. The Morgan fingerprint density at radius 1 is 1.21 bits per heavy atom. The predicted molar refractivity (Wildman–Crippen MR) is 100 cm³/mol. The first-order valence-corrected chi connectivity index (χ1v) is 9.29. The maximum Gasteiger partial charge on any atom is 0.417 e. The molecule has 0 saturated carbocycles. The highest BCUT2D eigenvalue weighted by molar-refractivity contribution is 7.99. The van der Waals surface area contributed by atoms with Crippen molar-refractivity contribution >= 4 is 35.0 Å². The van der Waals surface area contributed by atoms with Crippen LogP contribution in [0.3, 0.4) is 0 Å². The summed E-state index contributed by atoms with van der Waals surface area (Å²) in [5.74, 6) is -0.302. The number of hydrogen-bond donors (Lipinski definition) is 1. The number of thioether (sulfide) groups is 1. The number of nitrogens with zero attached hydrogens (tertiary/aromatic N) is 2. The van der Waals surface area contributed by atoms with Crippen molar-refractivity contribution in [2.75, 3.05) is 11.1 Å². The van der Waals surface area contributed by atoms with Gasteiger partial charge in [-0.2, -0.15) is 13.2 Å². The number of aryl methyl sites for hydroxylation is 1. The summed E-state index contributed by atoms with van der Waals surface area (Å²) in [6.07, 6.45) is -4.61. The van der Waals surface area contributed by atoms with E-state index in [1.165, 1.54) is 6.07 Å². The van der Waals surface area contributed by atoms with Crippen LogP contribution in [0.1, 0.15) is 11.1 Å². The van der Waals surface area contributed by atoms with Gasteiger partial charge in [-0.1, -0.05) is 41.6 Å². The Labute approximate surface area is 167 Å². The molecule has 0 bridgehead atoms. The molecule has 0 fully saturated rings. The van der Waals surface area contributed by atoms with E-state index in [9.17, 15) is 18.0 Å². The molecule has 2 aromatic carbocycles. The van der Waals surface area contributed by atoms with Crippen LogP contribution in [-0.2, 0) is 11.0 Å². The summed E-state index contributed by atoms with van der Waals surface area (Å²) >= 11 is 6.54. The van der Waals surface area contributed by atoms with Gasteiger partial charge in [0.15, 0.2) is 0 Å². The minimum absolute atomic E-state index is 0.00606. The van der Waals surface area contributed by atoms with E-state index < -0.39 is 22.7 Å². The number of amides is 1. The molecule has 28 heavy (non-hydrogen) atoms. The van der Waals surface area contributed by atoms with Crippen LogP contribution in [0, 0.1) is 6.92 Å². The molecule has 1 N–H and O–H groups in total. The maximum absolute atomic E-state index is 12.9. The molecular weight excluding hydrogens is 415 g/mol. The molecule has 1 aromatic heterocycles. The molecule has 0 aliphatic rings. The molecule has 0 aliphatic heterocycles. The fourth-order valence-corrected chi connectivity index (χ4v) is 3.12. The standard InChI is InChI=1S/C18H13ClF3N3O2S/c1-10-4-2-3-5-12(10)16-24-25-17(27-16)28-9-15(26)23-11-6-7-14(19)13(8-11)18(20,21)22/h2-8H,9H2,1H3,(H,23,26). The molecule has 5 nitrogen and oxygen atoms in total. The zero-order valence-corrected chi connectivity index (χ0v) is 16.0. The maximum atomic E-state index is 12.9. The molecule has 0 radical (unpaired) electrons. The molecule has 0 saturated heterocycles. The largest absolute Gasteiger partial charge is 0.417 e. The van der Waals surface area contributed by atoms with Crippen molar-refractivity contribution in [1.29, 1.82) is 0 Å². The third-order valence-corrected chi connectivity index (χ3v) is 4.81. The van der Waals surface area contributed by atoms with Crippen molar-refractivity contribution in [2.24, 2.45) is 0 Å². The Hall–Kier alpha value is -2.52. The van der Waals surface area contributed by atoms with E-state index in [-0.39, 0.29) is 16.7 Å². The van der Waals surface area contributed by atoms with Gasteiger partial charge in [0, 0.05) is 11.3 Å². The first-order chi connectivity index (χ1) is 13.2. The molecule has 146 valence electrons. The minimum Gasteiger partial charge on any atom is -0.411 e. The summed E-state index contributed by atoms with van der Waals surface area (Å²) in [6, 6.07) is 10.6. The summed E-state index contributed by atoms with van der Waals surface area (Å²) in [4.78, 5) is 12.0. The SMILES string of the molecule is Cc1ccccc1-c1nnc(SCC(=O)Nc2ccc(Cl)c(C(F)(F)F)c2)o1. The number of carbonyl (C=O) groups excluding carboxylic acids is 1. The normalized spacial score (nSPS) is 11.5. The van der Waals surface area contributed by atoms with E-state index in [1.807, 2.05) is 31.2 Å². The third kappa shape index (κ3) is 4.85. The van der Waals surface area contributed by atoms with Crippen molar-refractivity contribution in [3.05, 3.63) is 58.6 Å². The molecule has 0 spiro atoms. The molecule has 0 atom stereocenters. The number of hydrogen-bond acceptors (Lipinski definition) is 5. The topological polar surface area (TPSA) is 68.0 Å². The second kappa shape index (κ2) is 8.24. The van der Waals surface area contributed by atoms with Gasteiger partial charge in [0.2, 0.25) is 11.8 Å². The number of carbonyl (C=O) groups is 1. The van der Waals surface area contributed by atoms with E-state index in [4.69, 9.17) is 16.0 Å². The van der Waals surface area contributed by atoms with Crippen LogP contribution in [0.15, 0.2) is 52.1 Å². The third-order valence-electron chi connectivity index (χ3n) is 3.66. The van der Waals surface area contributed by atoms with Crippen LogP contribution >= 0.6 is 23.4 Å². The van der Waals surface area contributed by atoms with Crippen molar-refractivity contribution in [1.82, 2.24) is 10.2 Å². The lowest BCUT2D eigenvalue weighted by atomic mass is 10.1. The van der Waals surface area contributed by atoms with Crippen molar-refractivity contribution in [3.8, 4) is 11.5 Å². The first kappa shape index (κ1) is 20.2. The smallest absolute Gasteiger partial charge is 0.411 e. The second-order valence-corrected chi connectivity index (χ2v) is 7.05. The molecule has 10 heteroatoms. The highest BCUT2D eigenvalue weighted by Crippen LogP contribution is 2.36. The van der Waals surface area contributed by atoms with Gasteiger partial charge in [0.05, 0.1) is 16.3 Å². The number of anilines is 1. The number of nitrogens with one attached hydrogen (secondary N) is 1. The Bertz CT molecular complexity index is 1010. The lowest BCUT2D eigenvalue weighted by Gasteiger charge is -2.11. The van der Waals surface area contributed by atoms with Gasteiger partial charge in [0.25, 0.3) is 5.22 Å². The van der Waals surface area contributed by atoms with Gasteiger partial charge >= 0.3 is 6.18 Å². The average Bonchev–Trinajstić information content (AvgIpc) is 3.10. The molecule has 3 aromatic rings. The average molecular weight is 428 g/mol. The van der Waals surface area contributed by atoms with Crippen LogP contribution in [-0.4, -0.2) is 21.9 Å². The van der Waals surface area contributed by atoms with Crippen LogP contribution in [0.5, 0.6) is 0 Å². The molecule has 0 unspecified atom stereocenters. The summed E-state index contributed by atoms with van der Waals surface area (Å²) in [7, 11) is 0. The van der Waals surface area contributed by atoms with Crippen LogP contribution in [0.2, 0.25) is 5.02 Å². The summed E-state index contributed by atoms with van der Waals surface area (Å²) in [5.41, 5.74) is 0.726. The molecule has 1 heterocycles. The van der Waals surface area contributed by atoms with Crippen LogP contribution in [0.25, 0.3) is 11.5 Å². The van der Waals surface area contributed by atoms with Crippen LogP contribution in [0.4, 0.5) is 18.9 Å². The number of rotatable bonds is 5. The fraction of sp³-hybridized carbons (Fsp3) is 0.167. The van der Waals surface area contributed by atoms with Crippen molar-refractivity contribution in [2.45, 2.75) is 18.3 Å². The van der Waals surface area contributed by atoms with Gasteiger partial charge < -0.3 is 9.73 Å². The predicted octanol–water partition coefficient (Wildman–Crippen LogP) is 5.45. The Balaban J connectivity index is 1.62. The quantitative estimate of drug-likeness (QED) is 0.548. The fourth-order valence-electron chi connectivity index (χ4n) is 2.33. The summed E-state index contributed by atoms with van der Waals surface area (Å²) < 4.78 is 44.2. The molecule has 3 rings (SSSR count). The van der Waals surface area contributed by atoms with Crippen LogP contribution < -0.4 is 5.32 Å². The number of halogens is 4. The Morgan fingerprint density at radius 2 is 1.96 bits per heavy atom. The van der Waals surface area contributed by atoms with Gasteiger partial charge in [-0.05, 0) is 36.8 Å². The van der Waals surface area contributed by atoms with E-state index in [2.05, 4.69) is 15.5 Å². The Morgan fingerprint density at radius 3 is 2.68 bits per heavy atom. The number of alkyl halides is 3. The van der Waals surface area contributed by atoms with Gasteiger partial charge in [-0.3, -0.25) is 4.79 Å². The lowest BCUT2D eigenvalue weighted by molar-refractivity contribution is -0.137. The van der Waals surface area contributed by atoms with Crippen molar-refractivity contribution in [3.63, 3.8) is 0 Å². The summed E-state index contributed by atoms with van der Waals surface area (Å²) in [5, 5.41) is 9.96.